The highest BCUT2D eigenvalue weighted by Crippen LogP contribution is 2.50. The van der Waals surface area contributed by atoms with Gasteiger partial charge in [0.05, 0.1) is 44.2 Å². The van der Waals surface area contributed by atoms with Gasteiger partial charge in [0.25, 0.3) is 0 Å². The Kier molecular flexibility index (Phi) is 18.8. The first-order valence-electron chi connectivity index (χ1n) is 41.9. The monoisotopic (exact) mass is 1650 g/mol. The van der Waals surface area contributed by atoms with Crippen molar-refractivity contribution in [3.05, 3.63) is 452 Å². The molecule has 0 aliphatic rings. The fourth-order valence-electron chi connectivity index (χ4n) is 19.6. The van der Waals surface area contributed by atoms with Gasteiger partial charge < -0.3 is 13.7 Å². The summed E-state index contributed by atoms with van der Waals surface area (Å²) in [4.78, 5) is 0. The van der Waals surface area contributed by atoms with Crippen molar-refractivity contribution in [1.82, 2.24) is 13.7 Å². The minimum Gasteiger partial charge on any atom is -0.309 e. The molecule has 21 aromatic carbocycles. The number of benzene rings is 21. The lowest BCUT2D eigenvalue weighted by molar-refractivity contribution is 0.381. The Morgan fingerprint density at radius 1 is 0.205 bits per heavy atom. The van der Waals surface area contributed by atoms with E-state index in [0.29, 0.717) is 21.5 Å². The van der Waals surface area contributed by atoms with Gasteiger partial charge in [0, 0.05) is 54.9 Å². The fourth-order valence-corrected chi connectivity index (χ4v) is 19.6. The number of aryl methyl sites for hydroxylation is 1. The molecule has 0 bridgehead atoms. The number of rotatable bonds is 9. The lowest BCUT2D eigenvalue weighted by Crippen LogP contribution is -2.05. The smallest absolute Gasteiger partial charge is 0.200 e. The quantitative estimate of drug-likeness (QED) is 0.0614. The second-order valence-electron chi connectivity index (χ2n) is 32.0. The van der Waals surface area contributed by atoms with E-state index in [0.717, 1.165) is 110 Å². The average molecular weight is 1650 g/mol. The van der Waals surface area contributed by atoms with E-state index in [2.05, 4.69) is 268 Å². The van der Waals surface area contributed by atoms with Crippen LogP contribution in [-0.2, 0) is 0 Å². The SMILES string of the molecule is Cc1cc(F)ccc1-c1c2ccccc2c(-c2ccc(-n3c4ccccc4c4ccccc43)cc2)c2ccccc12.Fc1c(F)c(F)c(-c2c3ccccc3c(-c3ccc(-n4c5ccccc5c5ccccc54)cc3)c3ccccc23)c(F)c1F.N#Cc1cc(-c2c3ccccc3c(-c3ccc(-n4c5ccccc5c5ccccc54)cc3)c3ccccc23)ccc1F. The molecule has 0 spiro atoms. The summed E-state index contributed by atoms with van der Waals surface area (Å²) >= 11 is 0. The maximum atomic E-state index is 15.2. The van der Waals surface area contributed by atoms with Gasteiger partial charge in [0.2, 0.25) is 5.82 Å². The van der Waals surface area contributed by atoms with E-state index in [9.17, 15) is 27.2 Å². The third kappa shape index (κ3) is 12.6. The van der Waals surface area contributed by atoms with Crippen LogP contribution in [0.15, 0.2) is 400 Å². The molecule has 0 radical (unpaired) electrons. The van der Waals surface area contributed by atoms with Crippen LogP contribution in [0.2, 0.25) is 0 Å². The van der Waals surface area contributed by atoms with Crippen LogP contribution in [0, 0.1) is 59.0 Å². The maximum Gasteiger partial charge on any atom is 0.200 e. The summed E-state index contributed by atoms with van der Waals surface area (Å²) in [6, 6.07) is 136. The summed E-state index contributed by atoms with van der Waals surface area (Å²) in [5.74, 6) is -10.6. The lowest BCUT2D eigenvalue weighted by atomic mass is 9.85. The Bertz CT molecular complexity index is 8330. The number of aromatic nitrogens is 3. The van der Waals surface area contributed by atoms with Crippen molar-refractivity contribution in [1.29, 1.82) is 5.26 Å². The highest BCUT2D eigenvalue weighted by atomic mass is 19.2. The molecule has 0 aliphatic heterocycles. The van der Waals surface area contributed by atoms with Gasteiger partial charge in [0.1, 0.15) is 17.7 Å². The second-order valence-corrected chi connectivity index (χ2v) is 32.0. The van der Waals surface area contributed by atoms with E-state index in [1.165, 1.54) is 82.3 Å². The van der Waals surface area contributed by atoms with Crippen molar-refractivity contribution in [2.75, 3.05) is 0 Å². The first-order chi connectivity index (χ1) is 62.4. The molecule has 3 heterocycles. The Labute approximate surface area is 724 Å². The number of hydrogen-bond acceptors (Lipinski definition) is 1. The lowest BCUT2D eigenvalue weighted by Gasteiger charge is -2.19. The van der Waals surface area contributed by atoms with Crippen LogP contribution in [0.1, 0.15) is 11.1 Å². The van der Waals surface area contributed by atoms with Crippen LogP contribution in [0.3, 0.4) is 0 Å². The molecule has 0 aliphatic carbocycles. The van der Waals surface area contributed by atoms with Gasteiger partial charge in [-0.1, -0.05) is 303 Å². The van der Waals surface area contributed by atoms with Gasteiger partial charge in [0.15, 0.2) is 23.3 Å². The van der Waals surface area contributed by atoms with Crippen molar-refractivity contribution in [2.24, 2.45) is 0 Å². The largest absolute Gasteiger partial charge is 0.309 e. The van der Waals surface area contributed by atoms with E-state index in [-0.39, 0.29) is 16.9 Å². The molecular formula is C116H69F7N4. The normalized spacial score (nSPS) is 11.6. The van der Waals surface area contributed by atoms with Crippen molar-refractivity contribution in [3.63, 3.8) is 0 Å². The Morgan fingerprint density at radius 3 is 0.701 bits per heavy atom. The van der Waals surface area contributed by atoms with Crippen LogP contribution in [0.25, 0.3) is 214 Å². The van der Waals surface area contributed by atoms with Gasteiger partial charge in [-0.2, -0.15) is 5.26 Å². The molecule has 0 fully saturated rings. The topological polar surface area (TPSA) is 38.6 Å². The molecule has 0 atom stereocenters. The third-order valence-corrected chi connectivity index (χ3v) is 25.1. The van der Waals surface area contributed by atoms with Crippen LogP contribution >= 0.6 is 0 Å². The highest BCUT2D eigenvalue weighted by molar-refractivity contribution is 6.25. The van der Waals surface area contributed by atoms with Gasteiger partial charge in [-0.3, -0.25) is 0 Å². The van der Waals surface area contributed by atoms with Gasteiger partial charge in [-0.05, 0) is 230 Å². The van der Waals surface area contributed by atoms with Crippen LogP contribution in [0.4, 0.5) is 30.7 Å². The zero-order chi connectivity index (χ0) is 85.8. The predicted octanol–water partition coefficient (Wildman–Crippen LogP) is 32.4. The number of nitriles is 1. The Morgan fingerprint density at radius 2 is 0.433 bits per heavy atom. The summed E-state index contributed by atoms with van der Waals surface area (Å²) in [5.41, 5.74) is 20.5. The molecule has 0 amide bonds. The first-order valence-corrected chi connectivity index (χ1v) is 41.9. The van der Waals surface area contributed by atoms with Gasteiger partial charge in [-0.25, -0.2) is 30.7 Å². The summed E-state index contributed by atoms with van der Waals surface area (Å²) < 4.78 is 109. The van der Waals surface area contributed by atoms with E-state index < -0.39 is 40.5 Å². The van der Waals surface area contributed by atoms with Crippen LogP contribution < -0.4 is 0 Å². The molecule has 0 saturated heterocycles. The molecule has 3 aromatic heterocycles. The summed E-state index contributed by atoms with van der Waals surface area (Å²) in [7, 11) is 0. The maximum absolute atomic E-state index is 15.2. The summed E-state index contributed by atoms with van der Waals surface area (Å²) in [6.07, 6.45) is 0. The van der Waals surface area contributed by atoms with E-state index in [4.69, 9.17) is 0 Å². The van der Waals surface area contributed by atoms with Crippen LogP contribution in [0.5, 0.6) is 0 Å². The molecule has 602 valence electrons. The van der Waals surface area contributed by atoms with Crippen molar-refractivity contribution >= 4 is 130 Å². The molecular weight excluding hydrogens is 1580 g/mol. The Balaban J connectivity index is 0.000000113. The minimum absolute atomic E-state index is 0.0466. The summed E-state index contributed by atoms with van der Waals surface area (Å²) in [6.45, 7) is 1.99. The van der Waals surface area contributed by atoms with Crippen molar-refractivity contribution in [2.45, 2.75) is 6.92 Å². The molecule has 4 nitrogen and oxygen atoms in total. The predicted molar refractivity (Wildman–Crippen MR) is 509 cm³/mol. The molecule has 0 N–H and O–H groups in total. The second kappa shape index (κ2) is 31.2. The molecule has 24 aromatic rings. The highest BCUT2D eigenvalue weighted by Gasteiger charge is 2.31. The van der Waals surface area contributed by atoms with Crippen molar-refractivity contribution in [3.8, 4) is 89.9 Å². The first kappa shape index (κ1) is 76.7. The molecule has 11 heteroatoms. The Hall–Kier alpha value is -16.4. The van der Waals surface area contributed by atoms with E-state index in [1.54, 1.807) is 72.8 Å². The molecule has 0 saturated carbocycles. The van der Waals surface area contributed by atoms with Crippen LogP contribution in [-0.4, -0.2) is 13.7 Å². The number of hydrogen-bond donors (Lipinski definition) is 0. The van der Waals surface area contributed by atoms with E-state index >= 15 is 8.78 Å². The number of nitrogens with zero attached hydrogens (tertiary/aromatic N) is 4. The molecule has 127 heavy (non-hydrogen) atoms. The molecule has 0 unspecified atom stereocenters. The van der Waals surface area contributed by atoms with Gasteiger partial charge in [-0.15, -0.1) is 0 Å². The van der Waals surface area contributed by atoms with Gasteiger partial charge >= 0.3 is 0 Å². The van der Waals surface area contributed by atoms with E-state index in [1.807, 2.05) is 79.7 Å². The fraction of sp³-hybridized carbons (Fsp3) is 0.00862. The number of fused-ring (bicyclic) bond motifs is 15. The number of halogens is 7. The average Bonchev–Trinajstić information content (AvgIpc) is 1.73. The summed E-state index contributed by atoms with van der Waals surface area (Å²) in [5, 5.41) is 27.9. The number of para-hydroxylation sites is 6. The standard InChI is InChI=1S/C39H23FN2.C39H26FN.C38H20F5N/c40-35-22-19-26(23-27(35)24-41)39-33-13-3-1-11-31(33)38(32-12-2-4-14-34(32)39)25-17-20-28(21-18-25)42-36-15-7-5-9-29(36)30-10-6-8-16-37(30)42;1-25-24-27(40)20-23-29(25)39-34-14-4-2-12-32(34)38(33-13-3-5-15-35(33)39)26-18-21-28(22-19-26)41-36-16-8-6-10-30(36)31-11-7-9-17-37(31)41;39-34-33(35(40)37(42)38(43)36(34)41)32-27-13-3-1-11-25(27)31(26-12-2-4-14-28(26)32)21-17-19-22(20-18-21)44-29-15-7-5-9-23(29)24-10-6-8-16-30(24)44/h1-23H;2-24H,1H3;1-20H. The minimum atomic E-state index is -2.18. The zero-order valence-electron chi connectivity index (χ0n) is 68.0. The van der Waals surface area contributed by atoms with Crippen molar-refractivity contribution < 1.29 is 30.7 Å². The zero-order valence-corrected chi connectivity index (χ0v) is 68.0. The molecule has 24 rings (SSSR count). The third-order valence-electron chi connectivity index (χ3n) is 25.1.